The Labute approximate surface area is 214 Å². The molecular formula is C30H43N3O3. The summed E-state index contributed by atoms with van der Waals surface area (Å²) >= 11 is 0. The van der Waals surface area contributed by atoms with E-state index in [1.807, 2.05) is 0 Å². The number of aryl methyl sites for hydroxylation is 1. The number of aromatic amines is 1. The van der Waals surface area contributed by atoms with Crippen molar-refractivity contribution >= 4 is 10.9 Å². The minimum atomic E-state index is -0.257. The van der Waals surface area contributed by atoms with Crippen LogP contribution in [-0.4, -0.2) is 37.4 Å². The minimum absolute atomic E-state index is 0.0339. The van der Waals surface area contributed by atoms with Crippen LogP contribution in [0.2, 0.25) is 0 Å². The standard InChI is InChI=1S/C30H43N3O3/c1-17(4-9-27-32-25-11-13-31-16-21(25)28(36)33-27)22-7-8-23-20-6-5-18-14-19(34)10-12-29(18,2)24(20)15-26(35)30(22,23)3/h11,13,16-20,22-24,26,34-35H,4-10,12,14-15H2,1-3H3,(H,32,33,36)/t17-,18-,19-,20+,22-,23+,24?,26+,29+,30-/m1/s1. The van der Waals surface area contributed by atoms with Crippen molar-refractivity contribution in [2.24, 2.45) is 46.3 Å². The Morgan fingerprint density at radius 2 is 1.94 bits per heavy atom. The fourth-order valence-electron chi connectivity index (χ4n) is 9.88. The van der Waals surface area contributed by atoms with Gasteiger partial charge >= 0.3 is 0 Å². The summed E-state index contributed by atoms with van der Waals surface area (Å²) in [5, 5.41) is 22.6. The monoisotopic (exact) mass is 493 g/mol. The molecule has 2 aromatic rings. The summed E-state index contributed by atoms with van der Waals surface area (Å²) < 4.78 is 0. The summed E-state index contributed by atoms with van der Waals surface area (Å²) in [4.78, 5) is 24.2. The first-order valence-corrected chi connectivity index (χ1v) is 14.4. The molecule has 3 N–H and O–H groups in total. The van der Waals surface area contributed by atoms with Gasteiger partial charge in [0.2, 0.25) is 0 Å². The highest BCUT2D eigenvalue weighted by Crippen LogP contribution is 2.68. The molecule has 4 saturated carbocycles. The van der Waals surface area contributed by atoms with Crippen LogP contribution < -0.4 is 5.56 Å². The zero-order chi connectivity index (χ0) is 25.2. The van der Waals surface area contributed by atoms with E-state index in [0.717, 1.165) is 44.3 Å². The smallest absolute Gasteiger partial charge is 0.260 e. The summed E-state index contributed by atoms with van der Waals surface area (Å²) in [5.41, 5.74) is 0.833. The average Bonchev–Trinajstić information content (AvgIpc) is 3.22. The van der Waals surface area contributed by atoms with Crippen LogP contribution >= 0.6 is 0 Å². The van der Waals surface area contributed by atoms with Crippen LogP contribution in [0.15, 0.2) is 23.3 Å². The summed E-state index contributed by atoms with van der Waals surface area (Å²) in [7, 11) is 0. The van der Waals surface area contributed by atoms with Gasteiger partial charge in [-0.05, 0) is 110 Å². The number of fused-ring (bicyclic) bond motifs is 6. The van der Waals surface area contributed by atoms with Crippen molar-refractivity contribution in [3.63, 3.8) is 0 Å². The third-order valence-corrected chi connectivity index (χ3v) is 11.9. The van der Waals surface area contributed by atoms with Gasteiger partial charge in [0.25, 0.3) is 5.56 Å². The molecule has 1 unspecified atom stereocenters. The second-order valence-electron chi connectivity index (χ2n) is 13.3. The van der Waals surface area contributed by atoms with E-state index in [2.05, 4.69) is 30.7 Å². The van der Waals surface area contributed by atoms with E-state index in [1.54, 1.807) is 18.5 Å². The lowest BCUT2D eigenvalue weighted by Crippen LogP contribution is -2.58. The highest BCUT2D eigenvalue weighted by atomic mass is 16.3. The first kappa shape index (κ1) is 24.5. The lowest BCUT2D eigenvalue weighted by Gasteiger charge is -2.62. The van der Waals surface area contributed by atoms with Crippen molar-refractivity contribution in [1.29, 1.82) is 0 Å². The number of nitrogens with one attached hydrogen (secondary N) is 1. The number of rotatable bonds is 4. The van der Waals surface area contributed by atoms with Gasteiger partial charge in [0.15, 0.2) is 0 Å². The molecule has 36 heavy (non-hydrogen) atoms. The Kier molecular flexibility index (Phi) is 6.07. The van der Waals surface area contributed by atoms with Crippen molar-refractivity contribution in [2.45, 2.75) is 97.2 Å². The van der Waals surface area contributed by atoms with E-state index in [9.17, 15) is 15.0 Å². The predicted molar refractivity (Wildman–Crippen MR) is 140 cm³/mol. The Hall–Kier alpha value is -1.79. The second kappa shape index (κ2) is 8.90. The molecule has 0 amide bonds. The minimum Gasteiger partial charge on any atom is -0.393 e. The molecule has 4 aliphatic rings. The molecule has 6 heteroatoms. The van der Waals surface area contributed by atoms with Crippen molar-refractivity contribution in [3.8, 4) is 0 Å². The molecule has 196 valence electrons. The number of H-pyrrole nitrogens is 1. The molecule has 0 bridgehead atoms. The fourth-order valence-corrected chi connectivity index (χ4v) is 9.88. The van der Waals surface area contributed by atoms with Crippen LogP contribution in [0.3, 0.4) is 0 Å². The number of aromatic nitrogens is 3. The quantitative estimate of drug-likeness (QED) is 0.564. The maximum absolute atomic E-state index is 12.5. The van der Waals surface area contributed by atoms with Gasteiger partial charge in [-0.15, -0.1) is 0 Å². The van der Waals surface area contributed by atoms with Crippen LogP contribution in [-0.2, 0) is 6.42 Å². The molecule has 0 saturated heterocycles. The lowest BCUT2D eigenvalue weighted by atomic mass is 9.43. The van der Waals surface area contributed by atoms with E-state index < -0.39 is 0 Å². The molecule has 4 aliphatic carbocycles. The highest BCUT2D eigenvalue weighted by Gasteiger charge is 2.63. The fraction of sp³-hybridized carbons (Fsp3) is 0.767. The van der Waals surface area contributed by atoms with Gasteiger partial charge in [-0.1, -0.05) is 20.8 Å². The highest BCUT2D eigenvalue weighted by molar-refractivity contribution is 5.75. The molecule has 0 aromatic carbocycles. The first-order valence-electron chi connectivity index (χ1n) is 14.4. The van der Waals surface area contributed by atoms with Crippen molar-refractivity contribution in [1.82, 2.24) is 15.0 Å². The molecule has 0 aliphatic heterocycles. The van der Waals surface area contributed by atoms with Crippen LogP contribution in [0.25, 0.3) is 10.9 Å². The number of hydrogen-bond acceptors (Lipinski definition) is 5. The van der Waals surface area contributed by atoms with E-state index >= 15 is 0 Å². The van der Waals surface area contributed by atoms with Crippen molar-refractivity contribution in [2.75, 3.05) is 0 Å². The molecule has 0 spiro atoms. The van der Waals surface area contributed by atoms with Gasteiger partial charge in [-0.25, -0.2) is 4.98 Å². The van der Waals surface area contributed by atoms with Crippen molar-refractivity contribution < 1.29 is 10.2 Å². The second-order valence-corrected chi connectivity index (χ2v) is 13.3. The lowest BCUT2D eigenvalue weighted by molar-refractivity contribution is -0.174. The van der Waals surface area contributed by atoms with Gasteiger partial charge in [-0.2, -0.15) is 0 Å². The molecular weight excluding hydrogens is 450 g/mol. The number of nitrogens with zero attached hydrogens (tertiary/aromatic N) is 2. The number of aliphatic hydroxyl groups excluding tert-OH is 2. The number of aliphatic hydroxyl groups is 2. The van der Waals surface area contributed by atoms with Gasteiger partial charge in [0.1, 0.15) is 5.82 Å². The molecule has 0 radical (unpaired) electrons. The Morgan fingerprint density at radius 3 is 2.78 bits per heavy atom. The molecule has 4 fully saturated rings. The van der Waals surface area contributed by atoms with E-state index in [0.29, 0.717) is 46.4 Å². The molecule has 2 aromatic heterocycles. The third-order valence-electron chi connectivity index (χ3n) is 11.9. The van der Waals surface area contributed by atoms with E-state index in [1.165, 1.54) is 25.7 Å². The zero-order valence-electron chi connectivity index (χ0n) is 22.1. The van der Waals surface area contributed by atoms with Crippen molar-refractivity contribution in [3.05, 3.63) is 34.6 Å². The maximum atomic E-state index is 12.5. The Morgan fingerprint density at radius 1 is 1.11 bits per heavy atom. The largest absolute Gasteiger partial charge is 0.393 e. The van der Waals surface area contributed by atoms with Gasteiger partial charge < -0.3 is 15.2 Å². The summed E-state index contributed by atoms with van der Waals surface area (Å²) in [6, 6.07) is 1.80. The van der Waals surface area contributed by atoms with E-state index in [4.69, 9.17) is 4.98 Å². The SMILES string of the molecule is C[C@H](CCc1nc2ccncc2c(=O)[nH]1)[C@H]1CC[C@H]2[C@@H]3CC[C@@H]4C[C@H](O)CC[C@]4(C)C3C[C@H](O)[C@]12C. The van der Waals surface area contributed by atoms with Gasteiger partial charge in [0, 0.05) is 18.8 Å². The molecule has 6 nitrogen and oxygen atoms in total. The first-order chi connectivity index (χ1) is 17.2. The average molecular weight is 494 g/mol. The molecule has 6 rings (SSSR count). The van der Waals surface area contributed by atoms with Crippen LogP contribution in [0.5, 0.6) is 0 Å². The summed E-state index contributed by atoms with van der Waals surface area (Å²) in [5.74, 6) is 4.21. The zero-order valence-corrected chi connectivity index (χ0v) is 22.1. The summed E-state index contributed by atoms with van der Waals surface area (Å²) in [6.45, 7) is 7.23. The predicted octanol–water partition coefficient (Wildman–Crippen LogP) is 4.88. The van der Waals surface area contributed by atoms with E-state index in [-0.39, 0.29) is 28.6 Å². The Balaban J connectivity index is 1.19. The molecule has 2 heterocycles. The Bertz CT molecular complexity index is 1180. The normalized spacial score (nSPS) is 43.0. The van der Waals surface area contributed by atoms with Crippen LogP contribution in [0.1, 0.15) is 84.4 Å². The maximum Gasteiger partial charge on any atom is 0.260 e. The third kappa shape index (κ3) is 3.69. The topological polar surface area (TPSA) is 99.1 Å². The van der Waals surface area contributed by atoms with Gasteiger partial charge in [-0.3, -0.25) is 9.78 Å². The molecule has 10 atom stereocenters. The van der Waals surface area contributed by atoms with Gasteiger partial charge in [0.05, 0.1) is 23.1 Å². The summed E-state index contributed by atoms with van der Waals surface area (Å²) in [6.07, 6.45) is 13.4. The van der Waals surface area contributed by atoms with Crippen LogP contribution in [0.4, 0.5) is 0 Å². The number of pyridine rings is 1. The number of hydrogen-bond donors (Lipinski definition) is 3. The van der Waals surface area contributed by atoms with Crippen LogP contribution in [0, 0.1) is 46.3 Å².